The third-order valence-corrected chi connectivity index (χ3v) is 5.15. The zero-order chi connectivity index (χ0) is 16.1. The summed E-state index contributed by atoms with van der Waals surface area (Å²) >= 11 is 1.43. The van der Waals surface area contributed by atoms with Gasteiger partial charge < -0.3 is 4.90 Å². The number of hydrogen-bond acceptors (Lipinski definition) is 4. The lowest BCUT2D eigenvalue weighted by Gasteiger charge is -2.23. The summed E-state index contributed by atoms with van der Waals surface area (Å²) in [4.78, 5) is 18.9. The van der Waals surface area contributed by atoms with E-state index in [0.717, 1.165) is 10.4 Å². The number of anilines is 1. The van der Waals surface area contributed by atoms with E-state index < -0.39 is 10.8 Å². The molecule has 7 heteroatoms. The van der Waals surface area contributed by atoms with Gasteiger partial charge in [-0.2, -0.15) is 0 Å². The van der Waals surface area contributed by atoms with E-state index in [4.69, 9.17) is 0 Å². The van der Waals surface area contributed by atoms with Crippen LogP contribution in [0.1, 0.15) is 6.92 Å². The minimum atomic E-state index is -0.935. The van der Waals surface area contributed by atoms with Crippen LogP contribution in [0, 0.1) is 0 Å². The van der Waals surface area contributed by atoms with E-state index in [1.165, 1.54) is 11.3 Å². The second-order valence-corrected chi connectivity index (χ2v) is 7.54. The lowest BCUT2D eigenvalue weighted by Crippen LogP contribution is -2.40. The lowest BCUT2D eigenvalue weighted by molar-refractivity contribution is 0.212. The van der Waals surface area contributed by atoms with Crippen LogP contribution in [-0.2, 0) is 10.8 Å². The molecular formula is C15H19N3O2S2. The summed E-state index contributed by atoms with van der Waals surface area (Å²) in [5.74, 6) is 0.455. The molecule has 2 unspecified atom stereocenters. The van der Waals surface area contributed by atoms with Gasteiger partial charge in [0.25, 0.3) is 0 Å². The fraction of sp³-hybridized carbons (Fsp3) is 0.333. The molecule has 1 aromatic carbocycles. The van der Waals surface area contributed by atoms with Crippen molar-refractivity contribution < 1.29 is 9.00 Å². The van der Waals surface area contributed by atoms with Gasteiger partial charge in [0.15, 0.2) is 5.13 Å². The smallest absolute Gasteiger partial charge is 0.323 e. The molecule has 1 N–H and O–H groups in total. The van der Waals surface area contributed by atoms with E-state index in [9.17, 15) is 9.00 Å². The Labute approximate surface area is 136 Å². The number of thiazole rings is 1. The molecule has 0 aliphatic rings. The molecule has 0 aliphatic heterocycles. The zero-order valence-corrected chi connectivity index (χ0v) is 14.4. The number of rotatable bonds is 5. The summed E-state index contributed by atoms with van der Waals surface area (Å²) in [7, 11) is 0.758. The average Bonchev–Trinajstić information content (AvgIpc) is 2.95. The van der Waals surface area contributed by atoms with E-state index >= 15 is 0 Å². The molecule has 2 rings (SSSR count). The van der Waals surface area contributed by atoms with Crippen LogP contribution < -0.4 is 5.32 Å². The van der Waals surface area contributed by atoms with E-state index in [-0.39, 0.29) is 12.1 Å². The topological polar surface area (TPSA) is 62.3 Å². The van der Waals surface area contributed by atoms with Crippen LogP contribution in [0.15, 0.2) is 36.5 Å². The Morgan fingerprint density at radius 2 is 2.09 bits per heavy atom. The van der Waals surface area contributed by atoms with Crippen LogP contribution in [-0.4, -0.2) is 45.2 Å². The maximum absolute atomic E-state index is 12.2. The molecule has 1 aromatic heterocycles. The van der Waals surface area contributed by atoms with E-state index in [1.807, 2.05) is 37.3 Å². The number of nitrogens with one attached hydrogen (secondary N) is 1. The molecule has 5 nitrogen and oxygen atoms in total. The molecule has 2 amide bonds. The Balaban J connectivity index is 2.01. The minimum absolute atomic E-state index is 0.0978. The molecule has 0 saturated heterocycles. The van der Waals surface area contributed by atoms with Gasteiger partial charge in [-0.05, 0) is 12.5 Å². The quantitative estimate of drug-likeness (QED) is 0.912. The molecule has 118 valence electrons. The van der Waals surface area contributed by atoms with Crippen LogP contribution in [0.2, 0.25) is 0 Å². The summed E-state index contributed by atoms with van der Waals surface area (Å²) in [6, 6.07) is 9.56. The highest BCUT2D eigenvalue weighted by atomic mass is 32.2. The fourth-order valence-corrected chi connectivity index (χ4v) is 3.61. The van der Waals surface area contributed by atoms with Gasteiger partial charge in [-0.3, -0.25) is 9.53 Å². The predicted molar refractivity (Wildman–Crippen MR) is 92.7 cm³/mol. The van der Waals surface area contributed by atoms with Crippen LogP contribution in [0.3, 0.4) is 0 Å². The SMILES string of the molecule is CC(CS(C)=O)N(C)C(=O)Nc1ncc(-c2ccccc2)s1. The number of aromatic nitrogens is 1. The largest absolute Gasteiger partial charge is 0.324 e. The first-order valence-electron chi connectivity index (χ1n) is 6.82. The monoisotopic (exact) mass is 337 g/mol. The third kappa shape index (κ3) is 4.38. The zero-order valence-electron chi connectivity index (χ0n) is 12.8. The summed E-state index contributed by atoms with van der Waals surface area (Å²) in [5, 5.41) is 3.34. The number of urea groups is 1. The van der Waals surface area contributed by atoms with Gasteiger partial charge >= 0.3 is 6.03 Å². The van der Waals surface area contributed by atoms with Gasteiger partial charge in [-0.15, -0.1) is 0 Å². The first-order valence-corrected chi connectivity index (χ1v) is 9.37. The highest BCUT2D eigenvalue weighted by Crippen LogP contribution is 2.28. The minimum Gasteiger partial charge on any atom is -0.324 e. The molecule has 22 heavy (non-hydrogen) atoms. The van der Waals surface area contributed by atoms with Crippen molar-refractivity contribution in [1.82, 2.24) is 9.88 Å². The number of nitrogens with zero attached hydrogens (tertiary/aromatic N) is 2. The van der Waals surface area contributed by atoms with Gasteiger partial charge in [0.1, 0.15) is 0 Å². The van der Waals surface area contributed by atoms with Crippen molar-refractivity contribution in [2.75, 3.05) is 24.4 Å². The molecule has 0 spiro atoms. The predicted octanol–water partition coefficient (Wildman–Crippen LogP) is 3.04. The van der Waals surface area contributed by atoms with Crippen LogP contribution in [0.5, 0.6) is 0 Å². The molecule has 0 aliphatic carbocycles. The molecule has 0 fully saturated rings. The Morgan fingerprint density at radius 1 is 1.41 bits per heavy atom. The van der Waals surface area contributed by atoms with Crippen molar-refractivity contribution in [2.45, 2.75) is 13.0 Å². The van der Waals surface area contributed by atoms with Gasteiger partial charge in [-0.1, -0.05) is 41.7 Å². The summed E-state index contributed by atoms with van der Waals surface area (Å²) in [6.45, 7) is 1.87. The molecule has 0 bridgehead atoms. The van der Waals surface area contributed by atoms with Crippen LogP contribution in [0.4, 0.5) is 9.93 Å². The second kappa shape index (κ2) is 7.51. The molecule has 2 atom stereocenters. The normalized spacial score (nSPS) is 13.4. The van der Waals surface area contributed by atoms with Crippen molar-refractivity contribution in [1.29, 1.82) is 0 Å². The summed E-state index contributed by atoms with van der Waals surface area (Å²) in [6.07, 6.45) is 3.38. The van der Waals surface area contributed by atoms with Crippen molar-refractivity contribution in [3.63, 3.8) is 0 Å². The third-order valence-electron chi connectivity index (χ3n) is 3.24. The van der Waals surface area contributed by atoms with Crippen molar-refractivity contribution >= 4 is 33.3 Å². The number of hydrogen-bond donors (Lipinski definition) is 1. The molecular weight excluding hydrogens is 318 g/mol. The molecule has 0 radical (unpaired) electrons. The molecule has 0 saturated carbocycles. The Bertz CT molecular complexity index is 658. The molecule has 2 aromatic rings. The highest BCUT2D eigenvalue weighted by Gasteiger charge is 2.18. The second-order valence-electron chi connectivity index (χ2n) is 5.03. The van der Waals surface area contributed by atoms with Gasteiger partial charge in [0, 0.05) is 42.1 Å². The number of amides is 2. The number of benzene rings is 1. The van der Waals surface area contributed by atoms with E-state index in [1.54, 1.807) is 24.4 Å². The number of carbonyl (C=O) groups is 1. The van der Waals surface area contributed by atoms with Gasteiger partial charge in [0.05, 0.1) is 4.88 Å². The number of carbonyl (C=O) groups excluding carboxylic acids is 1. The van der Waals surface area contributed by atoms with Crippen molar-refractivity contribution in [2.24, 2.45) is 0 Å². The maximum Gasteiger partial charge on any atom is 0.323 e. The van der Waals surface area contributed by atoms with Gasteiger partial charge in [-0.25, -0.2) is 9.78 Å². The van der Waals surface area contributed by atoms with Gasteiger partial charge in [0.2, 0.25) is 0 Å². The van der Waals surface area contributed by atoms with Crippen molar-refractivity contribution in [3.8, 4) is 10.4 Å². The Morgan fingerprint density at radius 3 is 2.73 bits per heavy atom. The molecule has 1 heterocycles. The first-order chi connectivity index (χ1) is 10.5. The highest BCUT2D eigenvalue weighted by molar-refractivity contribution is 7.84. The average molecular weight is 337 g/mol. The first kappa shape index (κ1) is 16.6. The standard InChI is InChI=1S/C15H19N3O2S2/c1-11(10-22(3)20)18(2)15(19)17-14-16-9-13(21-14)12-7-5-4-6-8-12/h4-9,11H,10H2,1-3H3,(H,16,17,19). The summed E-state index contributed by atoms with van der Waals surface area (Å²) in [5.41, 5.74) is 1.07. The summed E-state index contributed by atoms with van der Waals surface area (Å²) < 4.78 is 11.2. The maximum atomic E-state index is 12.2. The van der Waals surface area contributed by atoms with Crippen molar-refractivity contribution in [3.05, 3.63) is 36.5 Å². The lowest BCUT2D eigenvalue weighted by atomic mass is 10.2. The van der Waals surface area contributed by atoms with E-state index in [2.05, 4.69) is 10.3 Å². The Kier molecular flexibility index (Phi) is 5.68. The fourth-order valence-electron chi connectivity index (χ4n) is 1.90. The van der Waals surface area contributed by atoms with Crippen LogP contribution >= 0.6 is 11.3 Å². The van der Waals surface area contributed by atoms with E-state index in [0.29, 0.717) is 10.9 Å². The van der Waals surface area contributed by atoms with Crippen LogP contribution in [0.25, 0.3) is 10.4 Å². The Hall–Kier alpha value is -1.73.